The van der Waals surface area contributed by atoms with Gasteiger partial charge in [0.1, 0.15) is 5.58 Å². The molecule has 3 nitrogen and oxygen atoms in total. The standard InChI is InChI=1S/C17H14BrNO2/c1-2-11-9-13(18)7-8-14(11)19-17(20)16-10-12-5-3-4-6-15(12)21-16/h3-10H,2H2,1H3,(H,19,20). The van der Waals surface area contributed by atoms with Crippen LogP contribution in [0.2, 0.25) is 0 Å². The minimum atomic E-state index is -0.233. The van der Waals surface area contributed by atoms with Gasteiger partial charge >= 0.3 is 0 Å². The zero-order chi connectivity index (χ0) is 14.8. The lowest BCUT2D eigenvalue weighted by Gasteiger charge is -2.09. The van der Waals surface area contributed by atoms with Crippen molar-refractivity contribution in [1.82, 2.24) is 0 Å². The summed E-state index contributed by atoms with van der Waals surface area (Å²) < 4.78 is 6.58. The maximum atomic E-state index is 12.3. The molecule has 0 unspecified atom stereocenters. The molecule has 0 saturated heterocycles. The zero-order valence-electron chi connectivity index (χ0n) is 11.5. The van der Waals surface area contributed by atoms with Crippen molar-refractivity contribution in [1.29, 1.82) is 0 Å². The number of rotatable bonds is 3. The lowest BCUT2D eigenvalue weighted by Crippen LogP contribution is -2.12. The first-order chi connectivity index (χ1) is 10.2. The van der Waals surface area contributed by atoms with E-state index in [0.29, 0.717) is 11.3 Å². The Kier molecular flexibility index (Phi) is 3.80. The predicted molar refractivity (Wildman–Crippen MR) is 87.7 cm³/mol. The van der Waals surface area contributed by atoms with Gasteiger partial charge in [-0.2, -0.15) is 0 Å². The quantitative estimate of drug-likeness (QED) is 0.726. The zero-order valence-corrected chi connectivity index (χ0v) is 13.1. The predicted octanol–water partition coefficient (Wildman–Crippen LogP) is 5.01. The maximum absolute atomic E-state index is 12.3. The number of carbonyl (C=O) groups excluding carboxylic acids is 1. The van der Waals surface area contributed by atoms with Crippen LogP contribution in [-0.2, 0) is 6.42 Å². The highest BCUT2D eigenvalue weighted by atomic mass is 79.9. The van der Waals surface area contributed by atoms with Gasteiger partial charge in [0.15, 0.2) is 5.76 Å². The molecule has 1 aromatic heterocycles. The summed E-state index contributed by atoms with van der Waals surface area (Å²) in [4.78, 5) is 12.3. The first-order valence-corrected chi connectivity index (χ1v) is 7.55. The normalized spacial score (nSPS) is 10.8. The van der Waals surface area contributed by atoms with E-state index in [4.69, 9.17) is 4.42 Å². The van der Waals surface area contributed by atoms with Gasteiger partial charge < -0.3 is 9.73 Å². The van der Waals surface area contributed by atoms with Gasteiger partial charge in [-0.15, -0.1) is 0 Å². The third-order valence-corrected chi connectivity index (χ3v) is 3.84. The lowest BCUT2D eigenvalue weighted by atomic mass is 10.1. The lowest BCUT2D eigenvalue weighted by molar-refractivity contribution is 0.0998. The molecule has 0 bridgehead atoms. The van der Waals surface area contributed by atoms with Crippen molar-refractivity contribution in [3.8, 4) is 0 Å². The van der Waals surface area contributed by atoms with Crippen LogP contribution in [0.1, 0.15) is 23.0 Å². The van der Waals surface area contributed by atoms with Crippen molar-refractivity contribution < 1.29 is 9.21 Å². The number of hydrogen-bond acceptors (Lipinski definition) is 2. The minimum Gasteiger partial charge on any atom is -0.451 e. The molecule has 1 N–H and O–H groups in total. The van der Waals surface area contributed by atoms with Gasteiger partial charge in [-0.1, -0.05) is 41.1 Å². The van der Waals surface area contributed by atoms with Crippen LogP contribution in [0, 0.1) is 0 Å². The molecule has 3 aromatic rings. The summed E-state index contributed by atoms with van der Waals surface area (Å²) in [5, 5.41) is 3.84. The van der Waals surface area contributed by atoms with Crippen LogP contribution in [0.3, 0.4) is 0 Å². The topological polar surface area (TPSA) is 42.2 Å². The van der Waals surface area contributed by atoms with Crippen LogP contribution in [0.15, 0.2) is 57.4 Å². The number of nitrogens with one attached hydrogen (secondary N) is 1. The second-order valence-corrected chi connectivity index (χ2v) is 5.67. The average molecular weight is 344 g/mol. The Morgan fingerprint density at radius 2 is 2.00 bits per heavy atom. The summed E-state index contributed by atoms with van der Waals surface area (Å²) in [6, 6.07) is 15.1. The largest absolute Gasteiger partial charge is 0.451 e. The fourth-order valence-electron chi connectivity index (χ4n) is 2.25. The number of para-hydroxylation sites is 1. The van der Waals surface area contributed by atoms with E-state index >= 15 is 0 Å². The fraction of sp³-hybridized carbons (Fsp3) is 0.118. The molecule has 2 aromatic carbocycles. The van der Waals surface area contributed by atoms with Crippen LogP contribution < -0.4 is 5.32 Å². The molecule has 106 valence electrons. The van der Waals surface area contributed by atoms with E-state index in [1.807, 2.05) is 42.5 Å². The Hall–Kier alpha value is -2.07. The Balaban J connectivity index is 1.89. The number of benzene rings is 2. The van der Waals surface area contributed by atoms with E-state index in [2.05, 4.69) is 28.2 Å². The smallest absolute Gasteiger partial charge is 0.291 e. The van der Waals surface area contributed by atoms with Gasteiger partial charge in [-0.25, -0.2) is 0 Å². The van der Waals surface area contributed by atoms with Crippen molar-refractivity contribution in [3.05, 3.63) is 64.3 Å². The van der Waals surface area contributed by atoms with E-state index in [0.717, 1.165) is 27.5 Å². The van der Waals surface area contributed by atoms with Crippen molar-refractivity contribution in [2.75, 3.05) is 5.32 Å². The highest BCUT2D eigenvalue weighted by molar-refractivity contribution is 9.10. The molecular formula is C17H14BrNO2. The van der Waals surface area contributed by atoms with E-state index in [-0.39, 0.29) is 5.91 Å². The SMILES string of the molecule is CCc1cc(Br)ccc1NC(=O)c1cc2ccccc2o1. The molecule has 0 fully saturated rings. The van der Waals surface area contributed by atoms with Crippen molar-refractivity contribution in [3.63, 3.8) is 0 Å². The highest BCUT2D eigenvalue weighted by Gasteiger charge is 2.13. The Labute approximate surface area is 131 Å². The first-order valence-electron chi connectivity index (χ1n) is 6.75. The maximum Gasteiger partial charge on any atom is 0.291 e. The molecule has 0 aliphatic heterocycles. The van der Waals surface area contributed by atoms with Gasteiger partial charge in [-0.3, -0.25) is 4.79 Å². The second kappa shape index (κ2) is 5.74. The summed E-state index contributed by atoms with van der Waals surface area (Å²) in [6.45, 7) is 2.05. The number of furan rings is 1. The number of fused-ring (bicyclic) bond motifs is 1. The monoisotopic (exact) mass is 343 g/mol. The third-order valence-electron chi connectivity index (χ3n) is 3.35. The van der Waals surface area contributed by atoms with Crippen molar-refractivity contribution in [2.24, 2.45) is 0 Å². The Bertz CT molecular complexity index is 774. The van der Waals surface area contributed by atoms with Gasteiger partial charge in [0.2, 0.25) is 0 Å². The molecule has 21 heavy (non-hydrogen) atoms. The van der Waals surface area contributed by atoms with E-state index in [1.54, 1.807) is 6.07 Å². The van der Waals surface area contributed by atoms with Crippen molar-refractivity contribution >= 4 is 38.5 Å². The number of carbonyl (C=O) groups is 1. The van der Waals surface area contributed by atoms with E-state index in [1.165, 1.54) is 0 Å². The summed E-state index contributed by atoms with van der Waals surface area (Å²) in [6.07, 6.45) is 0.842. The first kappa shape index (κ1) is 13.9. The number of amides is 1. The number of hydrogen-bond donors (Lipinski definition) is 1. The molecule has 3 rings (SSSR count). The molecule has 0 spiro atoms. The van der Waals surface area contributed by atoms with E-state index in [9.17, 15) is 4.79 Å². The summed E-state index contributed by atoms with van der Waals surface area (Å²) in [5.41, 5.74) is 2.61. The molecule has 4 heteroatoms. The molecule has 0 radical (unpaired) electrons. The van der Waals surface area contributed by atoms with Crippen LogP contribution in [0.5, 0.6) is 0 Å². The molecule has 0 saturated carbocycles. The minimum absolute atomic E-state index is 0.233. The average Bonchev–Trinajstić information content (AvgIpc) is 2.93. The molecular weight excluding hydrogens is 330 g/mol. The Morgan fingerprint density at radius 3 is 2.76 bits per heavy atom. The summed E-state index contributed by atoms with van der Waals surface area (Å²) in [5.74, 6) is 0.0874. The van der Waals surface area contributed by atoms with Crippen LogP contribution in [-0.4, -0.2) is 5.91 Å². The number of anilines is 1. The van der Waals surface area contributed by atoms with Crippen molar-refractivity contribution in [2.45, 2.75) is 13.3 Å². The summed E-state index contributed by atoms with van der Waals surface area (Å²) in [7, 11) is 0. The molecule has 0 atom stereocenters. The fourth-order valence-corrected chi connectivity index (χ4v) is 2.66. The van der Waals surface area contributed by atoms with Crippen LogP contribution >= 0.6 is 15.9 Å². The van der Waals surface area contributed by atoms with Crippen LogP contribution in [0.25, 0.3) is 11.0 Å². The molecule has 1 amide bonds. The number of halogens is 1. The summed E-state index contributed by atoms with van der Waals surface area (Å²) >= 11 is 3.44. The van der Waals surface area contributed by atoms with Gasteiger partial charge in [-0.05, 0) is 42.3 Å². The molecule has 0 aliphatic rings. The highest BCUT2D eigenvalue weighted by Crippen LogP contribution is 2.24. The Morgan fingerprint density at radius 1 is 1.19 bits per heavy atom. The third kappa shape index (κ3) is 2.85. The number of aryl methyl sites for hydroxylation is 1. The van der Waals surface area contributed by atoms with Gasteiger partial charge in [0.05, 0.1) is 0 Å². The van der Waals surface area contributed by atoms with Crippen LogP contribution in [0.4, 0.5) is 5.69 Å². The van der Waals surface area contributed by atoms with Gasteiger partial charge in [0, 0.05) is 15.5 Å². The molecule has 1 heterocycles. The molecule has 0 aliphatic carbocycles. The second-order valence-electron chi connectivity index (χ2n) is 4.76. The van der Waals surface area contributed by atoms with Gasteiger partial charge in [0.25, 0.3) is 5.91 Å². The van der Waals surface area contributed by atoms with E-state index < -0.39 is 0 Å².